The van der Waals surface area contributed by atoms with Crippen molar-refractivity contribution >= 4 is 28.9 Å². The highest BCUT2D eigenvalue weighted by Gasteiger charge is 2.25. The normalized spacial score (nSPS) is 20.8. The zero-order valence-corrected chi connectivity index (χ0v) is 11.5. The molecule has 94 valence electrons. The van der Waals surface area contributed by atoms with Crippen LogP contribution in [0.4, 0.5) is 0 Å². The number of carbonyl (C=O) groups excluding carboxylic acids is 1. The van der Waals surface area contributed by atoms with Crippen LogP contribution in [-0.4, -0.2) is 19.1 Å². The largest absolute Gasteiger partial charge is 0.468 e. The van der Waals surface area contributed by atoms with Gasteiger partial charge in [-0.25, -0.2) is 0 Å². The van der Waals surface area contributed by atoms with Crippen LogP contribution in [0.15, 0.2) is 6.07 Å². The van der Waals surface area contributed by atoms with E-state index in [1.165, 1.54) is 17.6 Å². The maximum Gasteiger partial charge on any atom is 0.322 e. The number of halogens is 1. The highest BCUT2D eigenvalue weighted by atomic mass is 35.5. The molecule has 1 aliphatic carbocycles. The van der Waals surface area contributed by atoms with Gasteiger partial charge in [0.1, 0.15) is 6.04 Å². The van der Waals surface area contributed by atoms with Crippen LogP contribution in [0.1, 0.15) is 36.2 Å². The van der Waals surface area contributed by atoms with Crippen molar-refractivity contribution in [3.63, 3.8) is 0 Å². The molecule has 0 amide bonds. The molecule has 5 heteroatoms. The zero-order valence-electron chi connectivity index (χ0n) is 9.96. The van der Waals surface area contributed by atoms with Crippen LogP contribution in [0.3, 0.4) is 0 Å². The summed E-state index contributed by atoms with van der Waals surface area (Å²) < 4.78 is 5.55. The van der Waals surface area contributed by atoms with E-state index in [9.17, 15) is 4.79 Å². The summed E-state index contributed by atoms with van der Waals surface area (Å²) in [7, 11) is 1.41. The first-order valence-corrected chi connectivity index (χ1v) is 6.93. The Kier molecular flexibility index (Phi) is 4.07. The van der Waals surface area contributed by atoms with Crippen molar-refractivity contribution in [3.05, 3.63) is 20.8 Å². The molecular formula is C12H16ClNO2S. The Morgan fingerprint density at radius 3 is 3.18 bits per heavy atom. The van der Waals surface area contributed by atoms with Gasteiger partial charge in [0, 0.05) is 10.9 Å². The summed E-state index contributed by atoms with van der Waals surface area (Å²) in [6, 6.07) is 1.95. The van der Waals surface area contributed by atoms with Crippen LogP contribution in [0, 0.1) is 0 Å². The molecule has 0 spiro atoms. The fraction of sp³-hybridized carbons (Fsp3) is 0.583. The first-order chi connectivity index (χ1) is 8.11. The van der Waals surface area contributed by atoms with Crippen molar-refractivity contribution in [2.45, 2.75) is 38.3 Å². The number of fused-ring (bicyclic) bond motifs is 1. The molecule has 0 aromatic carbocycles. The number of aryl methyl sites for hydroxylation is 1. The molecule has 0 saturated carbocycles. The van der Waals surface area contributed by atoms with E-state index in [4.69, 9.17) is 16.3 Å². The molecule has 3 nitrogen and oxygen atoms in total. The first-order valence-electron chi connectivity index (χ1n) is 5.73. The summed E-state index contributed by atoms with van der Waals surface area (Å²) >= 11 is 7.69. The van der Waals surface area contributed by atoms with Crippen molar-refractivity contribution in [3.8, 4) is 0 Å². The van der Waals surface area contributed by atoms with Crippen molar-refractivity contribution in [1.29, 1.82) is 0 Å². The molecule has 17 heavy (non-hydrogen) atoms. The topological polar surface area (TPSA) is 38.3 Å². The predicted octanol–water partition coefficient (Wildman–Crippen LogP) is 2.93. The van der Waals surface area contributed by atoms with Gasteiger partial charge in [0.2, 0.25) is 0 Å². The van der Waals surface area contributed by atoms with E-state index < -0.39 is 0 Å². The summed E-state index contributed by atoms with van der Waals surface area (Å²) in [5.41, 5.74) is 1.25. The molecule has 0 radical (unpaired) electrons. The molecule has 2 atom stereocenters. The molecule has 0 fully saturated rings. The number of thiophene rings is 1. The minimum absolute atomic E-state index is 0.219. The number of carbonyl (C=O) groups is 1. The number of hydrogen-bond acceptors (Lipinski definition) is 4. The number of nitrogens with one attached hydrogen (secondary N) is 1. The number of rotatable bonds is 3. The van der Waals surface area contributed by atoms with Crippen LogP contribution in [0.5, 0.6) is 0 Å². The van der Waals surface area contributed by atoms with Crippen molar-refractivity contribution in [1.82, 2.24) is 5.32 Å². The van der Waals surface area contributed by atoms with Gasteiger partial charge in [0.25, 0.3) is 0 Å². The first kappa shape index (κ1) is 12.9. The molecule has 1 heterocycles. The molecule has 1 aliphatic rings. The summed E-state index contributed by atoms with van der Waals surface area (Å²) in [6.07, 6.45) is 3.27. The van der Waals surface area contributed by atoms with Crippen molar-refractivity contribution in [2.24, 2.45) is 0 Å². The highest BCUT2D eigenvalue weighted by molar-refractivity contribution is 7.16. The third-order valence-electron chi connectivity index (χ3n) is 3.09. The van der Waals surface area contributed by atoms with E-state index in [0.717, 1.165) is 23.6 Å². The standard InChI is InChI=1S/C12H16ClNO2S/c1-7(12(15)16-2)14-9-4-3-5-10-8(9)6-11(13)17-10/h6-7,9,14H,3-5H2,1-2H3/t7-,9?/m0/s1. The van der Waals surface area contributed by atoms with Crippen LogP contribution in [-0.2, 0) is 16.0 Å². The lowest BCUT2D eigenvalue weighted by Gasteiger charge is -2.26. The lowest BCUT2D eigenvalue weighted by atomic mass is 9.93. The van der Waals surface area contributed by atoms with Gasteiger partial charge in [-0.2, -0.15) is 0 Å². The molecule has 1 aromatic rings. The lowest BCUT2D eigenvalue weighted by molar-refractivity contribution is -0.142. The van der Waals surface area contributed by atoms with Crippen LogP contribution in [0.25, 0.3) is 0 Å². The average Bonchev–Trinajstić information content (AvgIpc) is 2.69. The van der Waals surface area contributed by atoms with Crippen LogP contribution < -0.4 is 5.32 Å². The Hall–Kier alpha value is -0.580. The van der Waals surface area contributed by atoms with Gasteiger partial charge in [-0.05, 0) is 37.8 Å². The highest BCUT2D eigenvalue weighted by Crippen LogP contribution is 2.37. The van der Waals surface area contributed by atoms with Gasteiger partial charge in [0.05, 0.1) is 11.4 Å². The van der Waals surface area contributed by atoms with Gasteiger partial charge < -0.3 is 4.74 Å². The van der Waals surface area contributed by atoms with Crippen LogP contribution >= 0.6 is 22.9 Å². The molecule has 0 saturated heterocycles. The molecule has 0 bridgehead atoms. The van der Waals surface area contributed by atoms with E-state index in [-0.39, 0.29) is 18.1 Å². The van der Waals surface area contributed by atoms with E-state index in [2.05, 4.69) is 5.32 Å². The predicted molar refractivity (Wildman–Crippen MR) is 69.6 cm³/mol. The second-order valence-corrected chi connectivity index (χ2v) is 6.05. The van der Waals surface area contributed by atoms with E-state index in [1.807, 2.05) is 13.0 Å². The number of hydrogen-bond donors (Lipinski definition) is 1. The summed E-state index contributed by atoms with van der Waals surface area (Å²) in [5.74, 6) is -0.224. The SMILES string of the molecule is COC(=O)[C@H](C)NC1CCCc2sc(Cl)cc21. The quantitative estimate of drug-likeness (QED) is 0.861. The second-order valence-electron chi connectivity index (χ2n) is 4.29. The van der Waals surface area contributed by atoms with Crippen molar-refractivity contribution < 1.29 is 9.53 Å². The Labute approximate surface area is 110 Å². The van der Waals surface area contributed by atoms with Gasteiger partial charge in [0.15, 0.2) is 0 Å². The van der Waals surface area contributed by atoms with Crippen LogP contribution in [0.2, 0.25) is 4.34 Å². The fourth-order valence-corrected chi connectivity index (χ4v) is 3.62. The lowest BCUT2D eigenvalue weighted by Crippen LogP contribution is -2.38. The van der Waals surface area contributed by atoms with Gasteiger partial charge in [-0.3, -0.25) is 10.1 Å². The van der Waals surface area contributed by atoms with E-state index >= 15 is 0 Å². The smallest absolute Gasteiger partial charge is 0.322 e. The molecule has 1 unspecified atom stereocenters. The fourth-order valence-electron chi connectivity index (χ4n) is 2.24. The third kappa shape index (κ3) is 2.81. The van der Waals surface area contributed by atoms with E-state index in [1.54, 1.807) is 11.3 Å². The average molecular weight is 274 g/mol. The summed E-state index contributed by atoms with van der Waals surface area (Å²) in [4.78, 5) is 12.7. The van der Waals surface area contributed by atoms with Gasteiger partial charge >= 0.3 is 5.97 Å². The van der Waals surface area contributed by atoms with Gasteiger partial charge in [-0.1, -0.05) is 11.6 Å². The Morgan fingerprint density at radius 1 is 1.71 bits per heavy atom. The molecule has 0 aliphatic heterocycles. The minimum atomic E-state index is -0.283. The van der Waals surface area contributed by atoms with E-state index in [0.29, 0.717) is 0 Å². The van der Waals surface area contributed by atoms with Crippen molar-refractivity contribution in [2.75, 3.05) is 7.11 Å². The molecule has 1 aromatic heterocycles. The Balaban J connectivity index is 2.10. The summed E-state index contributed by atoms with van der Waals surface area (Å²) in [5, 5.41) is 3.31. The molecular weight excluding hydrogens is 258 g/mol. The maximum atomic E-state index is 11.4. The minimum Gasteiger partial charge on any atom is -0.468 e. The number of ether oxygens (including phenoxy) is 1. The third-order valence-corrected chi connectivity index (χ3v) is 4.43. The zero-order chi connectivity index (χ0) is 12.4. The van der Waals surface area contributed by atoms with Gasteiger partial charge in [-0.15, -0.1) is 11.3 Å². The molecule has 2 rings (SSSR count). The second kappa shape index (κ2) is 5.38. The Bertz CT molecular complexity index is 419. The number of esters is 1. The molecule has 1 N–H and O–H groups in total. The summed E-state index contributed by atoms with van der Waals surface area (Å²) in [6.45, 7) is 1.83. The maximum absolute atomic E-state index is 11.4. The number of methoxy groups -OCH3 is 1. The Morgan fingerprint density at radius 2 is 2.47 bits per heavy atom. The monoisotopic (exact) mass is 273 g/mol.